The number of carbonyl (C=O) groups is 4. The van der Waals surface area contributed by atoms with Crippen LogP contribution in [0.1, 0.15) is 112 Å². The molecule has 0 spiro atoms. The zero-order valence-electron chi connectivity index (χ0n) is 42.9. The number of benzene rings is 1. The summed E-state index contributed by atoms with van der Waals surface area (Å²) in [5.41, 5.74) is 3.97. The van der Waals surface area contributed by atoms with Gasteiger partial charge in [0.2, 0.25) is 5.79 Å². The van der Waals surface area contributed by atoms with Crippen molar-refractivity contribution in [1.29, 1.82) is 0 Å². The van der Waals surface area contributed by atoms with Crippen LogP contribution in [0, 0.1) is 29.6 Å². The molecule has 14 heteroatoms. The van der Waals surface area contributed by atoms with Gasteiger partial charge >= 0.3 is 5.97 Å². The van der Waals surface area contributed by atoms with Crippen molar-refractivity contribution < 1.29 is 53.1 Å². The van der Waals surface area contributed by atoms with E-state index in [4.69, 9.17) is 23.7 Å². The van der Waals surface area contributed by atoms with Crippen molar-refractivity contribution in [3.63, 3.8) is 0 Å². The number of aliphatic hydroxyl groups is 2. The van der Waals surface area contributed by atoms with Gasteiger partial charge in [0, 0.05) is 81.8 Å². The van der Waals surface area contributed by atoms with E-state index in [1.807, 2.05) is 33.9 Å². The van der Waals surface area contributed by atoms with Crippen molar-refractivity contribution in [2.75, 3.05) is 39.3 Å². The van der Waals surface area contributed by atoms with E-state index in [0.717, 1.165) is 35.0 Å². The van der Waals surface area contributed by atoms with Crippen LogP contribution in [-0.2, 0) is 49.9 Å². The van der Waals surface area contributed by atoms with Crippen LogP contribution in [0.25, 0.3) is 10.9 Å². The number of hydrogen-bond donors (Lipinski definition) is 2. The van der Waals surface area contributed by atoms with Gasteiger partial charge in [0.25, 0.3) is 11.7 Å². The molecule has 2 aromatic rings. The van der Waals surface area contributed by atoms with Crippen LogP contribution in [0.3, 0.4) is 0 Å². The van der Waals surface area contributed by atoms with E-state index in [1.165, 1.54) is 4.90 Å². The Kier molecular flexibility index (Phi) is 18.7. The number of piperidine rings is 1. The van der Waals surface area contributed by atoms with Crippen molar-refractivity contribution >= 4 is 40.0 Å². The Morgan fingerprint density at radius 2 is 1.71 bits per heavy atom. The number of anilines is 1. The maximum Gasteiger partial charge on any atom is 0.329 e. The molecule has 3 fully saturated rings. The van der Waals surface area contributed by atoms with Crippen LogP contribution in [0.4, 0.5) is 5.69 Å². The first-order valence-corrected chi connectivity index (χ1v) is 25.4. The molecule has 14 atom stereocenters. The number of amides is 1. The largest absolute Gasteiger partial charge is 0.456 e. The lowest BCUT2D eigenvalue weighted by Crippen LogP contribution is -2.64. The Labute approximate surface area is 410 Å². The zero-order valence-corrected chi connectivity index (χ0v) is 42.9. The second-order valence-corrected chi connectivity index (χ2v) is 20.8. The molecular weight excluding hydrogens is 879 g/mol. The molecule has 69 heavy (non-hydrogen) atoms. The number of nitrogens with zero attached hydrogens (tertiary/aromatic N) is 3. The minimum Gasteiger partial charge on any atom is -0.456 e. The molecular formula is C55H81N3O11. The summed E-state index contributed by atoms with van der Waals surface area (Å²) in [6.45, 7) is 15.7. The van der Waals surface area contributed by atoms with E-state index in [1.54, 1.807) is 34.1 Å². The molecule has 1 aromatic carbocycles. The fourth-order valence-corrected chi connectivity index (χ4v) is 11.6. The van der Waals surface area contributed by atoms with Gasteiger partial charge in [-0.3, -0.25) is 14.4 Å². The van der Waals surface area contributed by atoms with E-state index in [-0.39, 0.29) is 55.6 Å². The predicted octanol–water partition coefficient (Wildman–Crippen LogP) is 7.66. The summed E-state index contributed by atoms with van der Waals surface area (Å²) in [5, 5.41) is 25.3. The van der Waals surface area contributed by atoms with Gasteiger partial charge in [-0.25, -0.2) is 4.79 Å². The summed E-state index contributed by atoms with van der Waals surface area (Å²) >= 11 is 0. The number of ketones is 2. The molecule has 14 nitrogen and oxygen atoms in total. The minimum atomic E-state index is -2.51. The Morgan fingerprint density at radius 1 is 0.986 bits per heavy atom. The van der Waals surface area contributed by atoms with E-state index in [0.29, 0.717) is 50.7 Å². The highest BCUT2D eigenvalue weighted by Crippen LogP contribution is 2.40. The summed E-state index contributed by atoms with van der Waals surface area (Å²) in [6, 6.07) is 7.55. The average Bonchev–Trinajstić information content (AvgIpc) is 3.71. The number of allylic oxidation sites excluding steroid dienone is 3. The fourth-order valence-electron chi connectivity index (χ4n) is 11.6. The van der Waals surface area contributed by atoms with E-state index in [2.05, 4.69) is 66.6 Å². The van der Waals surface area contributed by atoms with E-state index >= 15 is 0 Å². The Bertz CT molecular complexity index is 2180. The maximum atomic E-state index is 14.7. The first-order valence-electron chi connectivity index (χ1n) is 25.4. The van der Waals surface area contributed by atoms with Gasteiger partial charge < -0.3 is 48.3 Å². The number of ether oxygens (including phenoxy) is 5. The number of rotatable bonds is 10. The SMILES string of the molecule is C=CCOC1CC(C=C(C)C2OC(=O)C3CCCCN3C(=O)C(=O)C3(O)OC(C(OC)CC(C)C/C(C)=C/C(CC)C(=O)CC(O)C2C)C(OC)CC3C)CCC1N(C)c1ccc2c(ccn2C)c1. The number of Topliss-reactive ketones (excluding diaryl/α,β-unsaturated/α-hetero) is 2. The van der Waals surface area contributed by atoms with Gasteiger partial charge in [-0.15, -0.1) is 6.58 Å². The molecule has 3 aliphatic heterocycles. The maximum absolute atomic E-state index is 14.7. The van der Waals surface area contributed by atoms with Crippen molar-refractivity contribution in [3.05, 3.63) is 66.4 Å². The number of esters is 1. The molecule has 2 bridgehead atoms. The quantitative estimate of drug-likeness (QED) is 0.136. The number of aryl methyl sites for hydroxylation is 1. The number of aliphatic hydroxyl groups excluding tert-OH is 1. The number of hydrogen-bond acceptors (Lipinski definition) is 12. The number of cyclic esters (lactones) is 1. The zero-order chi connectivity index (χ0) is 50.3. The molecule has 6 rings (SSSR count). The van der Waals surface area contributed by atoms with Crippen LogP contribution in [0.2, 0.25) is 0 Å². The first-order chi connectivity index (χ1) is 32.8. The van der Waals surface area contributed by atoms with Crippen molar-refractivity contribution in [1.82, 2.24) is 9.47 Å². The summed E-state index contributed by atoms with van der Waals surface area (Å²) in [4.78, 5) is 61.1. The summed E-state index contributed by atoms with van der Waals surface area (Å²) in [7, 11) is 7.23. The predicted molar refractivity (Wildman–Crippen MR) is 266 cm³/mol. The van der Waals surface area contributed by atoms with Crippen LogP contribution < -0.4 is 4.90 Å². The normalized spacial score (nSPS) is 35.9. The van der Waals surface area contributed by atoms with Gasteiger partial charge in [-0.2, -0.15) is 0 Å². The number of likely N-dealkylation sites (N-methyl/N-ethyl adjacent to an activating group) is 1. The third kappa shape index (κ3) is 12.3. The molecule has 382 valence electrons. The monoisotopic (exact) mass is 960 g/mol. The van der Waals surface area contributed by atoms with Crippen LogP contribution in [0.15, 0.2) is 66.4 Å². The lowest BCUT2D eigenvalue weighted by molar-refractivity contribution is -0.302. The molecule has 2 saturated heterocycles. The summed E-state index contributed by atoms with van der Waals surface area (Å²) in [5.74, 6) is -7.47. The van der Waals surface area contributed by atoms with Gasteiger partial charge in [0.15, 0.2) is 0 Å². The summed E-state index contributed by atoms with van der Waals surface area (Å²) < 4.78 is 33.2. The van der Waals surface area contributed by atoms with Crippen molar-refractivity contribution in [2.24, 2.45) is 36.6 Å². The molecule has 1 aromatic heterocycles. The van der Waals surface area contributed by atoms with Gasteiger partial charge in [0.05, 0.1) is 37.1 Å². The average molecular weight is 960 g/mol. The number of fused-ring (bicyclic) bond motifs is 4. The molecule has 14 unspecified atom stereocenters. The smallest absolute Gasteiger partial charge is 0.329 e. The van der Waals surface area contributed by atoms with Crippen molar-refractivity contribution in [2.45, 2.75) is 167 Å². The van der Waals surface area contributed by atoms with Crippen LogP contribution in [0.5, 0.6) is 0 Å². The number of carbonyl (C=O) groups excluding carboxylic acids is 4. The number of methoxy groups -OCH3 is 2. The Balaban J connectivity index is 1.32. The second-order valence-electron chi connectivity index (χ2n) is 20.8. The summed E-state index contributed by atoms with van der Waals surface area (Å²) in [6.07, 6.45) is 8.97. The molecule has 1 saturated carbocycles. The highest BCUT2D eigenvalue weighted by atomic mass is 16.7. The van der Waals surface area contributed by atoms with Gasteiger partial charge in [-0.05, 0) is 120 Å². The van der Waals surface area contributed by atoms with Gasteiger partial charge in [-0.1, -0.05) is 51.5 Å². The number of aromatic nitrogens is 1. The van der Waals surface area contributed by atoms with E-state index < -0.39 is 77.8 Å². The third-order valence-corrected chi connectivity index (χ3v) is 15.8. The molecule has 1 amide bonds. The van der Waals surface area contributed by atoms with Gasteiger partial charge in [0.1, 0.15) is 24.0 Å². The van der Waals surface area contributed by atoms with Crippen LogP contribution in [-0.4, -0.2) is 132 Å². The van der Waals surface area contributed by atoms with Crippen LogP contribution >= 0.6 is 0 Å². The standard InChI is InChI=1S/C55H81N3O11/c1-12-24-67-47-30-38(17-19-43(47)57(9)41-18-20-42-40(31-41)21-23-56(42)8)28-35(5)50-37(7)45(59)32-46(60)39(13-2)26-33(3)25-34(4)27-48(65-10)51-49(66-11)29-36(6)55(64,69-51)52(61)53(62)58-22-15-14-16-44(58)54(63)68-50/h12,18,20-21,23,26,28,31,34,36-39,43-45,47-51,59,64H,1,13-17,19,22,24-25,27,29-30,32H2,2-11H3/b33-26+,35-28?. The van der Waals surface area contributed by atoms with Crippen molar-refractivity contribution in [3.8, 4) is 0 Å². The fraction of sp³-hybridized carbons (Fsp3) is 0.673. The molecule has 4 aliphatic rings. The Hall–Kier alpha value is -4.18. The lowest BCUT2D eigenvalue weighted by atomic mass is 9.80. The minimum absolute atomic E-state index is 0.0266. The molecule has 1 aliphatic carbocycles. The lowest BCUT2D eigenvalue weighted by Gasteiger charge is -2.47. The highest BCUT2D eigenvalue weighted by Gasteiger charge is 2.56. The molecule has 0 radical (unpaired) electrons. The van der Waals surface area contributed by atoms with E-state index in [9.17, 15) is 29.4 Å². The molecule has 4 heterocycles. The topological polar surface area (TPSA) is 166 Å². The Morgan fingerprint density at radius 3 is 2.41 bits per heavy atom. The second kappa shape index (κ2) is 23.8. The highest BCUT2D eigenvalue weighted by molar-refractivity contribution is 6.39. The third-order valence-electron chi connectivity index (χ3n) is 15.8. The molecule has 2 N–H and O–H groups in total. The first kappa shape index (κ1) is 54.2.